The van der Waals surface area contributed by atoms with Gasteiger partial charge in [0.1, 0.15) is 23.8 Å². The van der Waals surface area contributed by atoms with Crippen LogP contribution in [0.25, 0.3) is 0 Å². The molecule has 1 aromatic heterocycles. The van der Waals surface area contributed by atoms with E-state index >= 15 is 0 Å². The van der Waals surface area contributed by atoms with Gasteiger partial charge in [-0.25, -0.2) is 17.2 Å². The molecule has 1 unspecified atom stereocenters. The molecule has 1 heterocycles. The number of carbonyl (C=O) groups is 3. The molecule has 0 fully saturated rings. The number of benzene rings is 1. The Hall–Kier alpha value is -3.49. The van der Waals surface area contributed by atoms with E-state index in [1.54, 1.807) is 6.92 Å². The third-order valence-electron chi connectivity index (χ3n) is 6.39. The SMILES string of the molecule is CCCCS(=O)(=O)CC(NC(=O)c1cccnc1)C(=O)N[C@@H](Cc1cc(F)cc(F)c1)[C@@H](O)[C@H](O)CC(=O)NCC(C)C. The zero-order valence-electron chi connectivity index (χ0n) is 24.4. The van der Waals surface area contributed by atoms with Gasteiger partial charge in [0.25, 0.3) is 5.91 Å². The highest BCUT2D eigenvalue weighted by atomic mass is 32.2. The highest BCUT2D eigenvalue weighted by molar-refractivity contribution is 7.91. The lowest BCUT2D eigenvalue weighted by atomic mass is 9.95. The lowest BCUT2D eigenvalue weighted by Crippen LogP contribution is -2.57. The first-order valence-electron chi connectivity index (χ1n) is 14.0. The maximum Gasteiger partial charge on any atom is 0.253 e. The van der Waals surface area contributed by atoms with Crippen molar-refractivity contribution in [2.24, 2.45) is 5.92 Å². The summed E-state index contributed by atoms with van der Waals surface area (Å²) in [6, 6.07) is 2.37. The highest BCUT2D eigenvalue weighted by Crippen LogP contribution is 2.15. The minimum atomic E-state index is -3.84. The second-order valence-electron chi connectivity index (χ2n) is 10.8. The molecule has 0 saturated heterocycles. The van der Waals surface area contributed by atoms with Gasteiger partial charge in [-0.3, -0.25) is 19.4 Å². The summed E-state index contributed by atoms with van der Waals surface area (Å²) in [5, 5.41) is 29.1. The molecular weight excluding hydrogens is 586 g/mol. The van der Waals surface area contributed by atoms with Gasteiger partial charge < -0.3 is 26.2 Å². The summed E-state index contributed by atoms with van der Waals surface area (Å²) in [6.07, 6.45) is -0.959. The normalized spacial score (nSPS) is 14.4. The van der Waals surface area contributed by atoms with E-state index in [4.69, 9.17) is 0 Å². The first kappa shape index (κ1) is 35.7. The Morgan fingerprint density at radius 1 is 1.05 bits per heavy atom. The third kappa shape index (κ3) is 12.7. The molecule has 1 aromatic carbocycles. The van der Waals surface area contributed by atoms with Crippen LogP contribution in [0.1, 0.15) is 56.0 Å². The Labute approximate surface area is 250 Å². The van der Waals surface area contributed by atoms with E-state index < -0.39 is 82.1 Å². The summed E-state index contributed by atoms with van der Waals surface area (Å²) in [5.41, 5.74) is 0.0609. The number of rotatable bonds is 17. The average Bonchev–Trinajstić information content (AvgIpc) is 2.93. The third-order valence-corrected chi connectivity index (χ3v) is 8.14. The molecule has 0 spiro atoms. The molecule has 11 nitrogen and oxygen atoms in total. The molecule has 2 aromatic rings. The topological polar surface area (TPSA) is 175 Å². The molecule has 5 N–H and O–H groups in total. The van der Waals surface area contributed by atoms with E-state index in [0.717, 1.165) is 12.1 Å². The van der Waals surface area contributed by atoms with Crippen LogP contribution in [-0.2, 0) is 25.8 Å². The molecule has 0 bridgehead atoms. The Morgan fingerprint density at radius 2 is 1.72 bits per heavy atom. The second-order valence-corrected chi connectivity index (χ2v) is 13.0. The summed E-state index contributed by atoms with van der Waals surface area (Å²) >= 11 is 0. The maximum atomic E-state index is 13.9. The number of nitrogens with one attached hydrogen (secondary N) is 3. The number of hydrogen-bond acceptors (Lipinski definition) is 8. The van der Waals surface area contributed by atoms with Gasteiger partial charge >= 0.3 is 0 Å². The quantitative estimate of drug-likeness (QED) is 0.175. The molecule has 238 valence electrons. The van der Waals surface area contributed by atoms with Gasteiger partial charge in [0.05, 0.1) is 35.6 Å². The Morgan fingerprint density at radius 3 is 2.30 bits per heavy atom. The molecule has 0 aliphatic carbocycles. The van der Waals surface area contributed by atoms with E-state index in [2.05, 4.69) is 20.9 Å². The molecule has 14 heteroatoms. The Kier molecular flexibility index (Phi) is 14.1. The lowest BCUT2D eigenvalue weighted by molar-refractivity contribution is -0.127. The van der Waals surface area contributed by atoms with Crippen LogP contribution in [0.5, 0.6) is 0 Å². The summed E-state index contributed by atoms with van der Waals surface area (Å²) in [5.74, 6) is -5.14. The molecule has 0 aliphatic rings. The van der Waals surface area contributed by atoms with Crippen molar-refractivity contribution in [3.05, 3.63) is 65.5 Å². The molecule has 2 rings (SSSR count). The minimum Gasteiger partial charge on any atom is -0.390 e. The van der Waals surface area contributed by atoms with Crippen LogP contribution in [0.3, 0.4) is 0 Å². The number of halogens is 2. The molecule has 3 amide bonds. The number of aromatic nitrogens is 1. The lowest BCUT2D eigenvalue weighted by Gasteiger charge is -2.29. The molecule has 0 radical (unpaired) electrons. The second kappa shape index (κ2) is 17.0. The van der Waals surface area contributed by atoms with Crippen LogP contribution >= 0.6 is 0 Å². The number of carbonyl (C=O) groups excluding carboxylic acids is 3. The van der Waals surface area contributed by atoms with Crippen LogP contribution < -0.4 is 16.0 Å². The van der Waals surface area contributed by atoms with Crippen LogP contribution in [0.15, 0.2) is 42.7 Å². The first-order valence-corrected chi connectivity index (χ1v) is 15.8. The fourth-order valence-electron chi connectivity index (χ4n) is 4.12. The van der Waals surface area contributed by atoms with Gasteiger partial charge in [-0.1, -0.05) is 27.2 Å². The first-order chi connectivity index (χ1) is 20.2. The van der Waals surface area contributed by atoms with Gasteiger partial charge in [0, 0.05) is 25.0 Å². The summed E-state index contributed by atoms with van der Waals surface area (Å²) in [7, 11) is -3.84. The summed E-state index contributed by atoms with van der Waals surface area (Å²) in [4.78, 5) is 42.4. The maximum absolute atomic E-state index is 13.9. The van der Waals surface area contributed by atoms with E-state index in [0.29, 0.717) is 25.5 Å². The van der Waals surface area contributed by atoms with Crippen molar-refractivity contribution < 1.29 is 41.8 Å². The van der Waals surface area contributed by atoms with Crippen LogP contribution in [-0.4, -0.2) is 83.7 Å². The molecule has 43 heavy (non-hydrogen) atoms. The van der Waals surface area contributed by atoms with Crippen molar-refractivity contribution in [1.82, 2.24) is 20.9 Å². The summed E-state index contributed by atoms with van der Waals surface area (Å²) in [6.45, 7) is 5.83. The van der Waals surface area contributed by atoms with E-state index in [9.17, 15) is 41.8 Å². The van der Waals surface area contributed by atoms with Crippen molar-refractivity contribution in [3.8, 4) is 0 Å². The Bertz CT molecular complexity index is 1310. The number of hydrogen-bond donors (Lipinski definition) is 5. The number of aliphatic hydroxyl groups excluding tert-OH is 2. The van der Waals surface area contributed by atoms with E-state index in [1.165, 1.54) is 24.5 Å². The van der Waals surface area contributed by atoms with E-state index in [1.807, 2.05) is 13.8 Å². The number of amides is 3. The minimum absolute atomic E-state index is 0.00446. The zero-order valence-corrected chi connectivity index (χ0v) is 25.2. The predicted molar refractivity (Wildman–Crippen MR) is 156 cm³/mol. The molecular formula is C29H40F2N4O7S. The smallest absolute Gasteiger partial charge is 0.253 e. The van der Waals surface area contributed by atoms with Crippen LogP contribution in [0, 0.1) is 17.6 Å². The Balaban J connectivity index is 2.36. The van der Waals surface area contributed by atoms with Crippen LogP contribution in [0.2, 0.25) is 0 Å². The van der Waals surface area contributed by atoms with Crippen molar-refractivity contribution >= 4 is 27.6 Å². The largest absolute Gasteiger partial charge is 0.390 e. The van der Waals surface area contributed by atoms with Crippen LogP contribution in [0.4, 0.5) is 8.78 Å². The van der Waals surface area contributed by atoms with Gasteiger partial charge in [0.15, 0.2) is 9.84 Å². The van der Waals surface area contributed by atoms with Crippen molar-refractivity contribution in [1.29, 1.82) is 0 Å². The number of pyridine rings is 1. The zero-order chi connectivity index (χ0) is 32.2. The number of nitrogens with zero attached hydrogens (tertiary/aromatic N) is 1. The van der Waals surface area contributed by atoms with Crippen molar-refractivity contribution in [2.75, 3.05) is 18.1 Å². The number of aliphatic hydroxyl groups is 2. The highest BCUT2D eigenvalue weighted by Gasteiger charge is 2.34. The molecule has 4 atom stereocenters. The molecule has 0 saturated carbocycles. The average molecular weight is 627 g/mol. The van der Waals surface area contributed by atoms with Gasteiger partial charge in [0.2, 0.25) is 11.8 Å². The van der Waals surface area contributed by atoms with Gasteiger partial charge in [-0.05, 0) is 48.6 Å². The molecule has 0 aliphatic heterocycles. The monoisotopic (exact) mass is 626 g/mol. The van der Waals surface area contributed by atoms with Gasteiger partial charge in [-0.15, -0.1) is 0 Å². The van der Waals surface area contributed by atoms with Crippen molar-refractivity contribution in [3.63, 3.8) is 0 Å². The number of sulfone groups is 1. The predicted octanol–water partition coefficient (Wildman–Crippen LogP) is 1.28. The van der Waals surface area contributed by atoms with Crippen molar-refractivity contribution in [2.45, 2.75) is 70.7 Å². The summed E-state index contributed by atoms with van der Waals surface area (Å²) < 4.78 is 53.4. The standard InChI is InChI=1S/C29H40F2N4O7S/c1-4-5-9-43(41,42)17-24(35-28(39)20-7-6-8-32-16-20)29(40)34-23(12-19-10-21(30)13-22(31)11-19)27(38)25(36)14-26(37)33-15-18(2)3/h6-8,10-11,13,16,18,23-25,27,36,38H,4-5,9,12,14-15,17H2,1-3H3,(H,33,37)(H,34,40)(H,35,39)/t23-,24?,25+,27+/m0/s1. The fraction of sp³-hybridized carbons (Fsp3) is 0.517. The van der Waals surface area contributed by atoms with E-state index in [-0.39, 0.29) is 22.8 Å². The fourth-order valence-corrected chi connectivity index (χ4v) is 5.75. The van der Waals surface area contributed by atoms with Gasteiger partial charge in [-0.2, -0.15) is 0 Å². The number of unbranched alkanes of at least 4 members (excludes halogenated alkanes) is 1.